The van der Waals surface area contributed by atoms with Gasteiger partial charge in [-0.25, -0.2) is 54.3 Å². The van der Waals surface area contributed by atoms with E-state index in [1.54, 1.807) is 105 Å². The van der Waals surface area contributed by atoms with Crippen molar-refractivity contribution in [3.63, 3.8) is 0 Å². The summed E-state index contributed by atoms with van der Waals surface area (Å²) in [4.78, 5) is 39.7. The van der Waals surface area contributed by atoms with Crippen LogP contribution in [0, 0.1) is 37.1 Å². The second kappa shape index (κ2) is 26.2. The maximum atomic E-state index is 15.5. The van der Waals surface area contributed by atoms with Crippen LogP contribution in [0.1, 0.15) is 11.1 Å². The molecule has 2 aliphatic rings. The lowest BCUT2D eigenvalue weighted by atomic mass is 10.0. The fraction of sp³-hybridized carbons (Fsp3) is 0.200. The van der Waals surface area contributed by atoms with Crippen molar-refractivity contribution in [2.45, 2.75) is 13.8 Å². The summed E-state index contributed by atoms with van der Waals surface area (Å²) in [7, 11) is -6.86. The van der Waals surface area contributed by atoms with Crippen LogP contribution in [-0.4, -0.2) is 122 Å². The van der Waals surface area contributed by atoms with E-state index in [0.29, 0.717) is 131 Å². The van der Waals surface area contributed by atoms with Gasteiger partial charge in [0.2, 0.25) is 31.9 Å². The second-order valence-electron chi connectivity index (χ2n) is 20.0. The van der Waals surface area contributed by atoms with Gasteiger partial charge >= 0.3 is 0 Å². The molecule has 4 aromatic carbocycles. The van der Waals surface area contributed by atoms with Crippen LogP contribution in [0.5, 0.6) is 0 Å². The van der Waals surface area contributed by atoms with Crippen LogP contribution in [0.4, 0.5) is 58.2 Å². The highest BCUT2D eigenvalue weighted by atomic mass is 35.5. The number of nitrogens with one attached hydrogen (secondary N) is 3. The molecule has 0 bridgehead atoms. The summed E-state index contributed by atoms with van der Waals surface area (Å²) >= 11 is 6.21. The van der Waals surface area contributed by atoms with Crippen molar-refractivity contribution in [3.8, 4) is 45.0 Å². The zero-order valence-electron chi connectivity index (χ0n) is 47.1. The minimum absolute atomic E-state index is 0.0866. The summed E-state index contributed by atoms with van der Waals surface area (Å²) in [5.74, 6) is -1.25. The maximum Gasteiger partial charge on any atom is 0.229 e. The Morgan fingerprint density at radius 3 is 1.52 bits per heavy atom. The summed E-state index contributed by atoms with van der Waals surface area (Å²) < 4.78 is 119. The van der Waals surface area contributed by atoms with Gasteiger partial charge in [0.1, 0.15) is 34.9 Å². The molecule has 87 heavy (non-hydrogen) atoms. The van der Waals surface area contributed by atoms with Gasteiger partial charge in [0, 0.05) is 103 Å². The average molecular weight is 1240 g/mol. The average Bonchev–Trinajstić information content (AvgIpc) is 1.12. The number of sulfonamides is 2. The third-order valence-corrected chi connectivity index (χ3v) is 15.3. The number of nitrogens with two attached hydrogens (primary N) is 1. The molecule has 0 spiro atoms. The number of morpholine rings is 2. The summed E-state index contributed by atoms with van der Waals surface area (Å²) in [6, 6.07) is 28.4. The molecule has 6 aromatic heterocycles. The maximum absolute atomic E-state index is 15.5. The number of ether oxygens (including phenoxy) is 2. The van der Waals surface area contributed by atoms with Crippen LogP contribution >= 0.6 is 11.6 Å². The number of hydrogen-bond acceptors (Lipinski definition) is 18. The molecule has 0 aliphatic carbocycles. The van der Waals surface area contributed by atoms with Gasteiger partial charge in [-0.1, -0.05) is 48.0 Å². The molecule has 2 aliphatic heterocycles. The van der Waals surface area contributed by atoms with Gasteiger partial charge in [0.15, 0.2) is 0 Å². The van der Waals surface area contributed by atoms with Crippen LogP contribution in [0.3, 0.4) is 0 Å². The Morgan fingerprint density at radius 2 is 1.02 bits per heavy atom. The van der Waals surface area contributed by atoms with Crippen molar-refractivity contribution in [1.29, 1.82) is 0 Å². The quantitative estimate of drug-likeness (QED) is 0.0829. The van der Waals surface area contributed by atoms with Gasteiger partial charge in [-0.05, 0) is 79.1 Å². The molecule has 0 amide bonds. The molecule has 0 radical (unpaired) electrons. The molecule has 8 heterocycles. The topological polar surface area (TPSA) is 258 Å². The van der Waals surface area contributed by atoms with Crippen LogP contribution in [0.15, 0.2) is 134 Å². The number of anilines is 7. The van der Waals surface area contributed by atoms with Crippen LogP contribution in [-0.2, 0) is 29.5 Å². The summed E-state index contributed by atoms with van der Waals surface area (Å²) in [5.41, 5.74) is 13.4. The Bertz CT molecular complexity index is 4430. The fourth-order valence-corrected chi connectivity index (χ4v) is 11.0. The van der Waals surface area contributed by atoms with E-state index in [2.05, 4.69) is 49.6 Å². The number of pyridine rings is 4. The van der Waals surface area contributed by atoms with Gasteiger partial charge in [-0.15, -0.1) is 0 Å². The first-order chi connectivity index (χ1) is 41.7. The van der Waals surface area contributed by atoms with Gasteiger partial charge in [0.25, 0.3) is 0 Å². The minimum atomic E-state index is -3.53. The van der Waals surface area contributed by atoms with Gasteiger partial charge in [0.05, 0.1) is 94.2 Å². The van der Waals surface area contributed by atoms with Crippen molar-refractivity contribution in [3.05, 3.63) is 173 Å². The van der Waals surface area contributed by atoms with Crippen molar-refractivity contribution in [2.75, 3.05) is 95.4 Å². The summed E-state index contributed by atoms with van der Waals surface area (Å²) in [6.07, 6.45) is 8.71. The molecule has 0 atom stereocenters. The highest BCUT2D eigenvalue weighted by Crippen LogP contribution is 2.40. The monoisotopic (exact) mass is 1240 g/mol. The number of benzene rings is 4. The molecule has 2 fully saturated rings. The first-order valence-corrected chi connectivity index (χ1v) is 31.0. The number of aromatic nitrogens is 8. The van der Waals surface area contributed by atoms with E-state index in [-0.39, 0.29) is 26.8 Å². The largest absolute Gasteiger partial charge is 0.383 e. The van der Waals surface area contributed by atoms with E-state index in [1.807, 2.05) is 28.0 Å². The number of hydrogen-bond donors (Lipinski definition) is 4. The van der Waals surface area contributed by atoms with E-state index < -0.39 is 43.3 Å². The van der Waals surface area contributed by atoms with E-state index in [1.165, 1.54) is 6.07 Å². The van der Waals surface area contributed by atoms with E-state index in [4.69, 9.17) is 31.8 Å². The lowest BCUT2D eigenvalue weighted by Crippen LogP contribution is -2.37. The number of nitrogens with zero attached hydrogens (tertiary/aromatic N) is 10. The third-order valence-electron chi connectivity index (χ3n) is 13.6. The zero-order chi connectivity index (χ0) is 61.6. The smallest absolute Gasteiger partial charge is 0.229 e. The SMILES string of the molecule is CS(=O)(=O)Nc1cccc(-c2cnc(N3CCOCC3)nc2N)c1.Cc1c(-c2ccccn2)nc2cc(F)cc(F)c2c1Cl.Cc1c(-c2ccccn2)nc2cc(F)cc(F)c2c1Nc1nc(N2CCOCC2)ncc1-c1cccc(NS(C)(=O)=O)c1. The standard InChI is InChI=1S/C30H27F2N7O3S.C15H9ClF2N2.C15H19N5O3S/c1-18-27(24-8-3-4-9-33-24)35-25-16-20(31)15-23(32)26(25)28(18)36-29-22(17-34-30(37-29)39-10-12-42-13-11-39)19-6-5-7-21(14-19)38-43(2,40)41;1-8-14(16)13-10(18)6-9(17)7-12(13)20-15(8)11-4-2-3-5-19-11;1-24(21,22)19-12-4-2-3-11(9-12)13-10-17-15(18-14(13)16)20-5-7-23-8-6-20/h3-9,14-17,38H,10-13H2,1-2H3,(H,34,35,36,37);2-7H,1H3;2-4,9-10,19H,5-8H2,1H3,(H2,16,17,18). The fourth-order valence-electron chi connectivity index (χ4n) is 9.59. The Morgan fingerprint density at radius 1 is 0.552 bits per heavy atom. The number of rotatable bonds is 12. The van der Waals surface area contributed by atoms with Crippen LogP contribution < -0.4 is 30.3 Å². The van der Waals surface area contributed by atoms with Crippen molar-refractivity contribution in [2.24, 2.45) is 0 Å². The Labute approximate surface area is 503 Å². The molecular weight excluding hydrogens is 1190 g/mol. The van der Waals surface area contributed by atoms with E-state index >= 15 is 4.39 Å². The van der Waals surface area contributed by atoms with Crippen molar-refractivity contribution < 1.29 is 43.9 Å². The molecular formula is C60H55ClF4N14O6S2. The van der Waals surface area contributed by atoms with Crippen LogP contribution in [0.2, 0.25) is 5.02 Å². The van der Waals surface area contributed by atoms with E-state index in [9.17, 15) is 30.0 Å². The highest BCUT2D eigenvalue weighted by Gasteiger charge is 2.24. The van der Waals surface area contributed by atoms with Gasteiger partial charge in [-0.2, -0.15) is 9.97 Å². The molecule has 5 N–H and O–H groups in total. The first kappa shape index (κ1) is 60.9. The van der Waals surface area contributed by atoms with Crippen LogP contribution in [0.25, 0.3) is 66.8 Å². The molecule has 0 saturated carbocycles. The third kappa shape index (κ3) is 14.7. The molecule has 448 valence electrons. The first-order valence-electron chi connectivity index (χ1n) is 26.8. The Hall–Kier alpha value is -9.21. The molecule has 27 heteroatoms. The van der Waals surface area contributed by atoms with Crippen molar-refractivity contribution >= 4 is 94.0 Å². The molecule has 20 nitrogen and oxygen atoms in total. The predicted octanol–water partition coefficient (Wildman–Crippen LogP) is 10.8. The normalized spacial score (nSPS) is 13.5. The van der Waals surface area contributed by atoms with Gasteiger partial charge < -0.3 is 30.3 Å². The number of fused-ring (bicyclic) bond motifs is 2. The van der Waals surface area contributed by atoms with Crippen molar-refractivity contribution in [1.82, 2.24) is 39.9 Å². The summed E-state index contributed by atoms with van der Waals surface area (Å²) in [6.45, 7) is 8.47. The summed E-state index contributed by atoms with van der Waals surface area (Å²) in [5, 5.41) is 3.77. The van der Waals surface area contributed by atoms with Gasteiger partial charge in [-0.3, -0.25) is 19.4 Å². The molecule has 2 saturated heterocycles. The minimum Gasteiger partial charge on any atom is -0.383 e. The lowest BCUT2D eigenvalue weighted by Gasteiger charge is -2.27. The highest BCUT2D eigenvalue weighted by molar-refractivity contribution is 7.92. The predicted molar refractivity (Wildman–Crippen MR) is 330 cm³/mol. The Kier molecular flexibility index (Phi) is 18.3. The van der Waals surface area contributed by atoms with E-state index in [0.717, 1.165) is 49.4 Å². The zero-order valence-corrected chi connectivity index (χ0v) is 49.5. The molecule has 10 aromatic rings. The Balaban J connectivity index is 0.000000160. The number of halogens is 5. The lowest BCUT2D eigenvalue weighted by molar-refractivity contribution is 0.122. The second-order valence-corrected chi connectivity index (χ2v) is 23.9. The number of nitrogen functional groups attached to an aromatic ring is 1. The molecule has 12 rings (SSSR count). The molecule has 0 unspecified atom stereocenters.